The summed E-state index contributed by atoms with van der Waals surface area (Å²) >= 11 is 5.79. The largest absolute Gasteiger partial charge is 0.506 e. The molecule has 0 bridgehead atoms. The van der Waals surface area contributed by atoms with Gasteiger partial charge in [-0.15, -0.1) is 0 Å². The molecule has 0 atom stereocenters. The number of carbonyl (C=O) groups excluding carboxylic acids is 1. The second-order valence-corrected chi connectivity index (χ2v) is 6.48. The minimum absolute atomic E-state index is 0.121. The fourth-order valence-electron chi connectivity index (χ4n) is 2.34. The summed E-state index contributed by atoms with van der Waals surface area (Å²) in [5.74, 6) is -8.74. The number of esters is 1. The summed E-state index contributed by atoms with van der Waals surface area (Å²) in [6.45, 7) is 0. The molecule has 0 heterocycles. The lowest BCUT2D eigenvalue weighted by atomic mass is 9.99. The van der Waals surface area contributed by atoms with E-state index in [0.29, 0.717) is 7.05 Å². The Kier molecular flexibility index (Phi) is 8.25. The molecule has 0 fully saturated rings. The van der Waals surface area contributed by atoms with Crippen LogP contribution in [0.2, 0.25) is 5.02 Å². The van der Waals surface area contributed by atoms with Gasteiger partial charge in [0.25, 0.3) is 0 Å². The second-order valence-electron chi connectivity index (χ2n) is 6.07. The summed E-state index contributed by atoms with van der Waals surface area (Å²) in [6.07, 6.45) is -12.2. The Hall–Kier alpha value is -3.16. The Morgan fingerprint density at radius 2 is 1.67 bits per heavy atom. The van der Waals surface area contributed by atoms with Crippen molar-refractivity contribution in [3.63, 3.8) is 0 Å². The fourth-order valence-corrected chi connectivity index (χ4v) is 2.53. The van der Waals surface area contributed by atoms with Gasteiger partial charge in [0.1, 0.15) is 17.0 Å². The molecule has 33 heavy (non-hydrogen) atoms. The SMILES string of the molecule is CNC(/C(O)=C/C(=N)c1ccc(Cl)c(C(=O)OC)c1)=C(\C(=N)C(F)(F)C(F)(F)F)C(F)(F)F. The van der Waals surface area contributed by atoms with Crippen LogP contribution in [-0.4, -0.2) is 54.9 Å². The Morgan fingerprint density at radius 1 is 1.12 bits per heavy atom. The van der Waals surface area contributed by atoms with Crippen LogP contribution in [-0.2, 0) is 4.74 Å². The number of benzene rings is 1. The molecule has 1 rings (SSSR count). The Balaban J connectivity index is 3.65. The Labute approximate surface area is 185 Å². The maximum Gasteiger partial charge on any atom is 0.459 e. The number of methoxy groups -OCH3 is 1. The van der Waals surface area contributed by atoms with Gasteiger partial charge in [0.2, 0.25) is 0 Å². The standard InChI is InChI=1S/C18H14ClF8N3O3/c1-30-13(12(17(22,23)24)14(29)16(20,21)18(25,26)27)11(31)6-10(28)7-3-4-9(19)8(5-7)15(32)33-2/h3-6,28-31H,1-2H3/b11-6-,13-12+,28-10?,29-14?. The quantitative estimate of drug-likeness (QED) is 0.134. The molecule has 0 saturated carbocycles. The van der Waals surface area contributed by atoms with E-state index in [9.17, 15) is 45.0 Å². The van der Waals surface area contributed by atoms with Gasteiger partial charge in [-0.1, -0.05) is 17.7 Å². The number of likely N-dealkylation sites (N-methyl/N-ethyl adjacent to an activating group) is 1. The molecule has 0 spiro atoms. The monoisotopic (exact) mass is 507 g/mol. The number of alkyl halides is 8. The molecule has 0 aliphatic carbocycles. The van der Waals surface area contributed by atoms with Crippen molar-refractivity contribution in [3.8, 4) is 0 Å². The number of aliphatic hydroxyl groups is 1. The fraction of sp³-hybridized carbons (Fsp3) is 0.278. The molecule has 0 aromatic heterocycles. The first-order valence-electron chi connectivity index (χ1n) is 8.31. The van der Waals surface area contributed by atoms with Gasteiger partial charge < -0.3 is 20.6 Å². The number of carbonyl (C=O) groups is 1. The zero-order valence-corrected chi connectivity index (χ0v) is 17.2. The Bertz CT molecular complexity index is 1030. The number of aliphatic hydroxyl groups excluding tert-OH is 1. The van der Waals surface area contributed by atoms with Crippen molar-refractivity contribution in [2.24, 2.45) is 0 Å². The number of halogens is 9. The predicted molar refractivity (Wildman–Crippen MR) is 101 cm³/mol. The first kappa shape index (κ1) is 27.9. The number of allylic oxidation sites excluding steroid dienone is 2. The van der Waals surface area contributed by atoms with Gasteiger partial charge in [-0.25, -0.2) is 4.79 Å². The lowest BCUT2D eigenvalue weighted by Crippen LogP contribution is -2.47. The van der Waals surface area contributed by atoms with Crippen LogP contribution >= 0.6 is 11.6 Å². The summed E-state index contributed by atoms with van der Waals surface area (Å²) in [5, 5.41) is 26.3. The van der Waals surface area contributed by atoms with Gasteiger partial charge in [0.15, 0.2) is 0 Å². The highest BCUT2D eigenvalue weighted by Crippen LogP contribution is 2.42. The molecule has 0 amide bonds. The lowest BCUT2D eigenvalue weighted by Gasteiger charge is -2.25. The highest BCUT2D eigenvalue weighted by molar-refractivity contribution is 6.33. The van der Waals surface area contributed by atoms with Crippen LogP contribution in [0.4, 0.5) is 35.1 Å². The van der Waals surface area contributed by atoms with Gasteiger partial charge >= 0.3 is 24.2 Å². The van der Waals surface area contributed by atoms with E-state index in [1.54, 1.807) is 5.32 Å². The van der Waals surface area contributed by atoms with Crippen molar-refractivity contribution in [2.75, 3.05) is 14.2 Å². The summed E-state index contributed by atoms with van der Waals surface area (Å²) in [4.78, 5) is 11.7. The molecule has 182 valence electrons. The second kappa shape index (κ2) is 9.77. The van der Waals surface area contributed by atoms with Crippen molar-refractivity contribution >= 4 is 29.0 Å². The number of hydrogen-bond donors (Lipinski definition) is 4. The average molecular weight is 508 g/mol. The summed E-state index contributed by atoms with van der Waals surface area (Å²) in [5.41, 5.74) is -8.97. The van der Waals surface area contributed by atoms with Crippen LogP contribution < -0.4 is 5.32 Å². The van der Waals surface area contributed by atoms with Crippen molar-refractivity contribution in [2.45, 2.75) is 18.3 Å². The van der Waals surface area contributed by atoms with E-state index >= 15 is 0 Å². The van der Waals surface area contributed by atoms with Gasteiger partial charge in [0.05, 0.1) is 29.1 Å². The predicted octanol–water partition coefficient (Wildman–Crippen LogP) is 5.19. The van der Waals surface area contributed by atoms with Gasteiger partial charge in [-0.05, 0) is 12.1 Å². The molecule has 0 saturated heterocycles. The average Bonchev–Trinajstić information content (AvgIpc) is 2.68. The molecule has 0 aliphatic heterocycles. The molecule has 4 N–H and O–H groups in total. The van der Waals surface area contributed by atoms with Crippen LogP contribution in [0.3, 0.4) is 0 Å². The topological polar surface area (TPSA) is 106 Å². The molecule has 1 aromatic rings. The minimum Gasteiger partial charge on any atom is -0.506 e. The first-order valence-corrected chi connectivity index (χ1v) is 8.68. The van der Waals surface area contributed by atoms with E-state index in [1.165, 1.54) is 0 Å². The number of hydrogen-bond acceptors (Lipinski definition) is 6. The zero-order chi connectivity index (χ0) is 25.9. The molecule has 1 aromatic carbocycles. The van der Waals surface area contributed by atoms with Crippen LogP contribution in [0.1, 0.15) is 15.9 Å². The molecular formula is C18H14ClF8N3O3. The number of ether oxygens (including phenoxy) is 1. The van der Waals surface area contributed by atoms with E-state index in [-0.39, 0.29) is 22.2 Å². The van der Waals surface area contributed by atoms with E-state index in [0.717, 1.165) is 25.3 Å². The molecule has 15 heteroatoms. The van der Waals surface area contributed by atoms with Gasteiger partial charge in [-0.3, -0.25) is 5.41 Å². The van der Waals surface area contributed by atoms with E-state index in [2.05, 4.69) is 4.74 Å². The lowest BCUT2D eigenvalue weighted by molar-refractivity contribution is -0.250. The minimum atomic E-state index is -6.53. The smallest absolute Gasteiger partial charge is 0.459 e. The van der Waals surface area contributed by atoms with E-state index in [1.807, 2.05) is 0 Å². The highest BCUT2D eigenvalue weighted by atomic mass is 35.5. The third kappa shape index (κ3) is 6.00. The third-order valence-corrected chi connectivity index (χ3v) is 4.25. The molecule has 0 unspecified atom stereocenters. The van der Waals surface area contributed by atoms with Crippen molar-refractivity contribution in [3.05, 3.63) is 57.5 Å². The molecule has 0 aliphatic rings. The van der Waals surface area contributed by atoms with E-state index in [4.69, 9.17) is 22.4 Å². The summed E-state index contributed by atoms with van der Waals surface area (Å²) in [7, 11) is 1.67. The van der Waals surface area contributed by atoms with Crippen molar-refractivity contribution in [1.82, 2.24) is 5.32 Å². The van der Waals surface area contributed by atoms with Crippen LogP contribution in [0.5, 0.6) is 0 Å². The maximum atomic E-state index is 13.5. The first-order chi connectivity index (χ1) is 14.9. The van der Waals surface area contributed by atoms with Crippen molar-refractivity contribution in [1.29, 1.82) is 10.8 Å². The zero-order valence-electron chi connectivity index (χ0n) is 16.5. The molecular weight excluding hydrogens is 494 g/mol. The maximum absolute atomic E-state index is 13.5. The Morgan fingerprint density at radius 3 is 2.09 bits per heavy atom. The van der Waals surface area contributed by atoms with Crippen LogP contribution in [0.25, 0.3) is 0 Å². The molecule has 6 nitrogen and oxygen atoms in total. The van der Waals surface area contributed by atoms with E-state index < -0.39 is 52.7 Å². The van der Waals surface area contributed by atoms with Crippen LogP contribution in [0, 0.1) is 10.8 Å². The highest BCUT2D eigenvalue weighted by Gasteiger charge is 2.64. The summed E-state index contributed by atoms with van der Waals surface area (Å²) < 4.78 is 109. The van der Waals surface area contributed by atoms with Gasteiger partial charge in [0, 0.05) is 18.7 Å². The normalized spacial score (nSPS) is 13.8. The van der Waals surface area contributed by atoms with Crippen LogP contribution in [0.15, 0.2) is 41.3 Å². The third-order valence-electron chi connectivity index (χ3n) is 3.92. The molecule has 0 radical (unpaired) electrons. The van der Waals surface area contributed by atoms with Crippen molar-refractivity contribution < 1.29 is 49.8 Å². The summed E-state index contributed by atoms with van der Waals surface area (Å²) in [6, 6.07) is 3.18. The number of nitrogens with one attached hydrogen (secondary N) is 3. The van der Waals surface area contributed by atoms with Gasteiger partial charge in [-0.2, -0.15) is 35.1 Å². The number of rotatable bonds is 7.